The van der Waals surface area contributed by atoms with E-state index in [2.05, 4.69) is 15.3 Å². The van der Waals surface area contributed by atoms with E-state index in [4.69, 9.17) is 21.6 Å². The van der Waals surface area contributed by atoms with Crippen LogP contribution in [0.3, 0.4) is 0 Å². The summed E-state index contributed by atoms with van der Waals surface area (Å²) in [6.45, 7) is 0. The van der Waals surface area contributed by atoms with E-state index in [1.165, 1.54) is 23.5 Å². The molecule has 0 amide bonds. The van der Waals surface area contributed by atoms with Gasteiger partial charge >= 0.3 is 5.69 Å². The number of hydrogen-bond donors (Lipinski definition) is 2. The SMILES string of the molecule is O=c1nc(C2C[C@@H]3C4CCC(CC23)N4)c2cnc(-c3cc(O)cc(Cl)c3C3CC3)c(F)c2n1-c1c(C2CC2)ncnc1C1CC1. The average Bonchev–Trinajstić information content (AvgIpc) is 3.87. The fourth-order valence-corrected chi connectivity index (χ4v) is 9.34. The number of fused-ring (bicyclic) bond motifs is 5. The zero-order chi connectivity index (χ0) is 30.1. The first-order chi connectivity index (χ1) is 21.9. The summed E-state index contributed by atoms with van der Waals surface area (Å²) < 4.78 is 19.0. The molecular weight excluding hydrogens is 591 g/mol. The molecular formula is C35H34ClFN6O2. The van der Waals surface area contributed by atoms with E-state index in [1.807, 2.05) is 0 Å². The molecule has 1 aromatic carbocycles. The van der Waals surface area contributed by atoms with Crippen LogP contribution in [0.1, 0.15) is 111 Å². The second-order valence-corrected chi connectivity index (χ2v) is 14.9. The van der Waals surface area contributed by atoms with Crippen molar-refractivity contribution >= 4 is 22.5 Å². The molecule has 0 spiro atoms. The predicted octanol–water partition coefficient (Wildman–Crippen LogP) is 6.61. The second kappa shape index (κ2) is 9.55. The molecule has 4 saturated carbocycles. The van der Waals surface area contributed by atoms with Crippen LogP contribution in [-0.4, -0.2) is 41.7 Å². The van der Waals surface area contributed by atoms with E-state index in [-0.39, 0.29) is 40.6 Å². The predicted molar refractivity (Wildman–Crippen MR) is 168 cm³/mol. The molecule has 45 heavy (non-hydrogen) atoms. The molecule has 4 aliphatic carbocycles. The van der Waals surface area contributed by atoms with Crippen LogP contribution < -0.4 is 11.0 Å². The summed E-state index contributed by atoms with van der Waals surface area (Å²) in [4.78, 5) is 33.3. The Bertz CT molecular complexity index is 1960. The number of aromatic nitrogens is 5. The Morgan fingerprint density at radius 1 is 0.889 bits per heavy atom. The summed E-state index contributed by atoms with van der Waals surface area (Å²) in [5.41, 5.74) is 3.97. The van der Waals surface area contributed by atoms with Crippen LogP contribution >= 0.6 is 11.6 Å². The Balaban J connectivity index is 1.24. The van der Waals surface area contributed by atoms with Crippen LogP contribution in [0, 0.1) is 17.7 Å². The first kappa shape index (κ1) is 26.8. The summed E-state index contributed by atoms with van der Waals surface area (Å²) >= 11 is 6.66. The Labute approximate surface area is 264 Å². The molecule has 10 heteroatoms. The molecule has 3 aromatic heterocycles. The maximum Gasteiger partial charge on any atom is 0.353 e. The summed E-state index contributed by atoms with van der Waals surface area (Å²) in [5, 5.41) is 15.3. The third kappa shape index (κ3) is 4.08. The van der Waals surface area contributed by atoms with Crippen molar-refractivity contribution in [3.63, 3.8) is 0 Å². The smallest absolute Gasteiger partial charge is 0.353 e. The van der Waals surface area contributed by atoms with Gasteiger partial charge in [0.2, 0.25) is 0 Å². The van der Waals surface area contributed by atoms with E-state index >= 15 is 4.39 Å². The standard InChI is InChI=1S/C35H34ClFN6O2/c36-25-11-19(44)10-23(27(25)15-1-2-15)32-28(37)33-24(13-38-32)31(22-12-21-20(22)9-18-7-8-26(21)41-18)42-35(45)43(33)34-29(16-3-4-16)39-14-40-30(34)17-5-6-17/h10-11,13-18,20-22,26,41,44H,1-9,12H2/t18?,20?,21-,22?,26?/m0/s1. The van der Waals surface area contributed by atoms with Crippen molar-refractivity contribution in [2.24, 2.45) is 11.8 Å². The summed E-state index contributed by atoms with van der Waals surface area (Å²) in [6, 6.07) is 4.10. The van der Waals surface area contributed by atoms with Gasteiger partial charge in [0, 0.05) is 52.0 Å². The van der Waals surface area contributed by atoms with Crippen LogP contribution in [-0.2, 0) is 0 Å². The van der Waals surface area contributed by atoms with Gasteiger partial charge in [-0.25, -0.2) is 19.2 Å². The minimum atomic E-state index is -0.592. The summed E-state index contributed by atoms with van der Waals surface area (Å²) in [5.74, 6) is 1.06. The van der Waals surface area contributed by atoms with Crippen molar-refractivity contribution in [2.45, 2.75) is 100.0 Å². The van der Waals surface area contributed by atoms with Crippen LogP contribution in [0.4, 0.5) is 4.39 Å². The van der Waals surface area contributed by atoms with Crippen molar-refractivity contribution in [1.29, 1.82) is 0 Å². The molecule has 2 aliphatic heterocycles. The summed E-state index contributed by atoms with van der Waals surface area (Å²) in [6.07, 6.45) is 13.5. The van der Waals surface area contributed by atoms with Gasteiger partial charge in [0.1, 0.15) is 17.8 Å². The molecule has 2 saturated heterocycles. The molecule has 6 fully saturated rings. The lowest BCUT2D eigenvalue weighted by atomic mass is 9.58. The van der Waals surface area contributed by atoms with Gasteiger partial charge in [-0.2, -0.15) is 4.98 Å². The maximum atomic E-state index is 17.5. The Morgan fingerprint density at radius 3 is 2.33 bits per heavy atom. The van der Waals surface area contributed by atoms with Crippen LogP contribution in [0.2, 0.25) is 5.02 Å². The average molecular weight is 625 g/mol. The maximum absolute atomic E-state index is 17.5. The molecule has 0 radical (unpaired) electrons. The van der Waals surface area contributed by atoms with Gasteiger partial charge in [-0.15, -0.1) is 0 Å². The number of phenols is 1. The molecule has 10 rings (SSSR count). The molecule has 230 valence electrons. The topological polar surface area (TPSA) is 106 Å². The fourth-order valence-electron chi connectivity index (χ4n) is 8.97. The van der Waals surface area contributed by atoms with Crippen molar-refractivity contribution in [3.05, 3.63) is 68.6 Å². The molecule has 2 N–H and O–H groups in total. The van der Waals surface area contributed by atoms with E-state index in [1.54, 1.807) is 18.6 Å². The molecule has 8 nitrogen and oxygen atoms in total. The Morgan fingerprint density at radius 2 is 1.62 bits per heavy atom. The fraction of sp³-hybridized carbons (Fsp3) is 0.514. The number of halogens is 2. The lowest BCUT2D eigenvalue weighted by Gasteiger charge is -2.51. The highest BCUT2D eigenvalue weighted by molar-refractivity contribution is 6.32. The van der Waals surface area contributed by atoms with Gasteiger partial charge in [-0.05, 0) is 99.7 Å². The van der Waals surface area contributed by atoms with Crippen LogP contribution in [0.5, 0.6) is 5.75 Å². The second-order valence-electron chi connectivity index (χ2n) is 14.5. The van der Waals surface area contributed by atoms with Crippen molar-refractivity contribution in [3.8, 4) is 22.7 Å². The van der Waals surface area contributed by atoms with E-state index in [0.29, 0.717) is 51.3 Å². The molecule has 2 bridgehead atoms. The number of phenolic OH excluding ortho intramolecular Hbond substituents is 1. The van der Waals surface area contributed by atoms with Gasteiger partial charge in [-0.3, -0.25) is 9.55 Å². The van der Waals surface area contributed by atoms with Gasteiger partial charge < -0.3 is 10.4 Å². The number of hydrogen-bond acceptors (Lipinski definition) is 7. The van der Waals surface area contributed by atoms with Gasteiger partial charge in [-0.1, -0.05) is 11.6 Å². The minimum Gasteiger partial charge on any atom is -0.508 e. The zero-order valence-electron chi connectivity index (χ0n) is 24.8. The van der Waals surface area contributed by atoms with Crippen LogP contribution in [0.25, 0.3) is 27.8 Å². The highest BCUT2D eigenvalue weighted by Gasteiger charge is 2.53. The van der Waals surface area contributed by atoms with E-state index in [9.17, 15) is 9.90 Å². The molecule has 5 heterocycles. The monoisotopic (exact) mass is 624 g/mol. The molecule has 4 unspecified atom stereocenters. The zero-order valence-corrected chi connectivity index (χ0v) is 25.6. The first-order valence-corrected chi connectivity index (χ1v) is 17.1. The molecule has 4 aromatic rings. The third-order valence-electron chi connectivity index (χ3n) is 11.6. The lowest BCUT2D eigenvalue weighted by molar-refractivity contribution is 0.0529. The number of aromatic hydroxyl groups is 1. The largest absolute Gasteiger partial charge is 0.508 e. The van der Waals surface area contributed by atoms with Crippen LogP contribution in [0.15, 0.2) is 29.5 Å². The normalized spacial score (nSPS) is 28.7. The first-order valence-electron chi connectivity index (χ1n) is 16.7. The quantitative estimate of drug-likeness (QED) is 0.249. The number of nitrogens with one attached hydrogen (secondary N) is 1. The third-order valence-corrected chi connectivity index (χ3v) is 11.9. The lowest BCUT2D eigenvalue weighted by Crippen LogP contribution is -2.53. The van der Waals surface area contributed by atoms with Crippen molar-refractivity contribution < 1.29 is 9.50 Å². The van der Waals surface area contributed by atoms with Gasteiger partial charge in [0.05, 0.1) is 28.3 Å². The Hall–Kier alpha value is -3.43. The number of rotatable bonds is 6. The number of pyridine rings is 1. The van der Waals surface area contributed by atoms with Gasteiger partial charge in [0.15, 0.2) is 5.82 Å². The Kier molecular flexibility index (Phi) is 5.68. The number of benzene rings is 1. The van der Waals surface area contributed by atoms with Crippen molar-refractivity contribution in [2.75, 3.05) is 0 Å². The molecule has 6 aliphatic rings. The highest BCUT2D eigenvalue weighted by Crippen LogP contribution is 2.57. The van der Waals surface area contributed by atoms with Crippen molar-refractivity contribution in [1.82, 2.24) is 29.8 Å². The van der Waals surface area contributed by atoms with E-state index in [0.717, 1.165) is 68.3 Å². The highest BCUT2D eigenvalue weighted by atomic mass is 35.5. The minimum absolute atomic E-state index is 0.0435. The number of piperidine rings is 1. The molecule has 5 atom stereocenters. The van der Waals surface area contributed by atoms with E-state index < -0.39 is 11.5 Å². The number of nitrogens with zero attached hydrogens (tertiary/aromatic N) is 5. The van der Waals surface area contributed by atoms with Gasteiger partial charge in [0.25, 0.3) is 0 Å². The summed E-state index contributed by atoms with van der Waals surface area (Å²) in [7, 11) is 0.